The number of para-hydroxylation sites is 1. The molecule has 0 spiro atoms. The Kier molecular flexibility index (Phi) is 5.42. The van der Waals surface area contributed by atoms with Gasteiger partial charge in [-0.25, -0.2) is 0 Å². The Labute approximate surface area is 164 Å². The van der Waals surface area contributed by atoms with Gasteiger partial charge in [-0.3, -0.25) is 9.59 Å². The third-order valence-corrected chi connectivity index (χ3v) is 5.38. The van der Waals surface area contributed by atoms with Crippen LogP contribution in [0.25, 0.3) is 10.9 Å². The standard InChI is InChI=1S/C23H25N3O2/c27-22(14-16-26-15-13-17-5-1-4-8-21(17)26)24-20-11-9-18(10-12-20)23(28)25-19-6-2-3-7-19/h1,4-5,8-13,15,19H,2-3,6-7,14,16H2,(H,24,27)(H,25,28). The second kappa shape index (κ2) is 8.30. The zero-order valence-electron chi connectivity index (χ0n) is 15.9. The molecule has 1 aliphatic carbocycles. The van der Waals surface area contributed by atoms with Gasteiger partial charge in [0.05, 0.1) is 0 Å². The van der Waals surface area contributed by atoms with Crippen LogP contribution in [0, 0.1) is 0 Å². The van der Waals surface area contributed by atoms with Crippen molar-refractivity contribution in [3.63, 3.8) is 0 Å². The maximum Gasteiger partial charge on any atom is 0.251 e. The summed E-state index contributed by atoms with van der Waals surface area (Å²) in [6, 6.07) is 17.6. The number of nitrogens with one attached hydrogen (secondary N) is 2. The topological polar surface area (TPSA) is 63.1 Å². The summed E-state index contributed by atoms with van der Waals surface area (Å²) < 4.78 is 2.09. The number of rotatable bonds is 6. The van der Waals surface area contributed by atoms with Crippen LogP contribution in [-0.4, -0.2) is 22.4 Å². The molecule has 1 aromatic heterocycles. The second-order valence-corrected chi connectivity index (χ2v) is 7.40. The molecule has 1 fully saturated rings. The fourth-order valence-corrected chi connectivity index (χ4v) is 3.82. The van der Waals surface area contributed by atoms with E-state index in [1.165, 1.54) is 18.2 Å². The smallest absolute Gasteiger partial charge is 0.251 e. The number of carbonyl (C=O) groups is 2. The lowest BCUT2D eigenvalue weighted by atomic mass is 10.1. The molecule has 0 radical (unpaired) electrons. The molecule has 0 atom stereocenters. The first kappa shape index (κ1) is 18.3. The summed E-state index contributed by atoms with van der Waals surface area (Å²) in [7, 11) is 0. The molecular formula is C23H25N3O2. The van der Waals surface area contributed by atoms with Crippen LogP contribution >= 0.6 is 0 Å². The third-order valence-electron chi connectivity index (χ3n) is 5.38. The normalized spacial score (nSPS) is 14.3. The number of hydrogen-bond donors (Lipinski definition) is 2. The number of anilines is 1. The van der Waals surface area contributed by atoms with Gasteiger partial charge in [-0.15, -0.1) is 0 Å². The maximum atomic E-state index is 12.3. The van der Waals surface area contributed by atoms with Gasteiger partial charge in [0, 0.05) is 42.0 Å². The van der Waals surface area contributed by atoms with Crippen LogP contribution in [0.2, 0.25) is 0 Å². The summed E-state index contributed by atoms with van der Waals surface area (Å²) in [5.74, 6) is -0.0785. The molecule has 5 nitrogen and oxygen atoms in total. The summed E-state index contributed by atoms with van der Waals surface area (Å²) in [6.07, 6.45) is 6.91. The number of hydrogen-bond acceptors (Lipinski definition) is 2. The minimum atomic E-state index is -0.0408. The van der Waals surface area contributed by atoms with Gasteiger partial charge in [0.25, 0.3) is 5.91 Å². The predicted octanol–water partition coefficient (Wildman–Crippen LogP) is 4.34. The number of amides is 2. The van der Waals surface area contributed by atoms with Crippen molar-refractivity contribution in [2.24, 2.45) is 0 Å². The van der Waals surface area contributed by atoms with Gasteiger partial charge in [-0.1, -0.05) is 31.0 Å². The number of nitrogens with zero attached hydrogens (tertiary/aromatic N) is 1. The number of carbonyl (C=O) groups excluding carboxylic acids is 2. The highest BCUT2D eigenvalue weighted by Gasteiger charge is 2.17. The van der Waals surface area contributed by atoms with Gasteiger partial charge >= 0.3 is 0 Å². The number of fused-ring (bicyclic) bond motifs is 1. The molecular weight excluding hydrogens is 350 g/mol. The number of benzene rings is 2. The molecule has 1 aliphatic rings. The Balaban J connectivity index is 1.30. The van der Waals surface area contributed by atoms with Crippen molar-refractivity contribution in [1.82, 2.24) is 9.88 Å². The maximum absolute atomic E-state index is 12.3. The van der Waals surface area contributed by atoms with Crippen molar-refractivity contribution in [2.75, 3.05) is 5.32 Å². The van der Waals surface area contributed by atoms with Crippen LogP contribution in [0.15, 0.2) is 60.8 Å². The zero-order chi connectivity index (χ0) is 19.3. The Hall–Kier alpha value is -3.08. The first-order valence-electron chi connectivity index (χ1n) is 9.94. The summed E-state index contributed by atoms with van der Waals surface area (Å²) in [5.41, 5.74) is 2.47. The molecule has 5 heteroatoms. The Morgan fingerprint density at radius 3 is 2.50 bits per heavy atom. The lowest BCUT2D eigenvalue weighted by Crippen LogP contribution is -2.32. The van der Waals surface area contributed by atoms with E-state index >= 15 is 0 Å². The van der Waals surface area contributed by atoms with E-state index in [1.54, 1.807) is 24.3 Å². The molecule has 2 amide bonds. The van der Waals surface area contributed by atoms with Crippen LogP contribution in [0.3, 0.4) is 0 Å². The highest BCUT2D eigenvalue weighted by molar-refractivity contribution is 5.96. The van der Waals surface area contributed by atoms with Gasteiger partial charge in [0.2, 0.25) is 5.91 Å². The summed E-state index contributed by atoms with van der Waals surface area (Å²) >= 11 is 0. The van der Waals surface area contributed by atoms with E-state index in [2.05, 4.69) is 33.4 Å². The predicted molar refractivity (Wildman–Crippen MR) is 111 cm³/mol. The molecule has 28 heavy (non-hydrogen) atoms. The molecule has 0 aliphatic heterocycles. The average Bonchev–Trinajstić information content (AvgIpc) is 3.36. The first-order chi connectivity index (χ1) is 13.7. The van der Waals surface area contributed by atoms with Crippen LogP contribution < -0.4 is 10.6 Å². The van der Waals surface area contributed by atoms with Crippen molar-refractivity contribution in [3.8, 4) is 0 Å². The summed E-state index contributed by atoms with van der Waals surface area (Å²) in [4.78, 5) is 24.6. The van der Waals surface area contributed by atoms with E-state index in [9.17, 15) is 9.59 Å². The highest BCUT2D eigenvalue weighted by Crippen LogP contribution is 2.19. The SMILES string of the molecule is O=C(CCn1ccc2ccccc21)Nc1ccc(C(=O)NC2CCCC2)cc1. The Morgan fingerprint density at radius 2 is 1.71 bits per heavy atom. The minimum absolute atomic E-state index is 0.0377. The van der Waals surface area contributed by atoms with Gasteiger partial charge in [0.15, 0.2) is 0 Å². The molecule has 0 bridgehead atoms. The van der Waals surface area contributed by atoms with Crippen molar-refractivity contribution in [1.29, 1.82) is 0 Å². The largest absolute Gasteiger partial charge is 0.349 e. The summed E-state index contributed by atoms with van der Waals surface area (Å²) in [6.45, 7) is 0.626. The van der Waals surface area contributed by atoms with Gasteiger partial charge in [-0.05, 0) is 54.6 Å². The molecule has 3 aromatic rings. The van der Waals surface area contributed by atoms with E-state index in [0.29, 0.717) is 30.3 Å². The molecule has 1 heterocycles. The monoisotopic (exact) mass is 375 g/mol. The van der Waals surface area contributed by atoms with Crippen LogP contribution in [0.5, 0.6) is 0 Å². The van der Waals surface area contributed by atoms with Gasteiger partial charge < -0.3 is 15.2 Å². The van der Waals surface area contributed by atoms with Crippen molar-refractivity contribution < 1.29 is 9.59 Å². The fraction of sp³-hybridized carbons (Fsp3) is 0.304. The van der Waals surface area contributed by atoms with Crippen LogP contribution in [0.4, 0.5) is 5.69 Å². The number of aromatic nitrogens is 1. The molecule has 2 aromatic carbocycles. The van der Waals surface area contributed by atoms with E-state index in [1.807, 2.05) is 18.3 Å². The van der Waals surface area contributed by atoms with Crippen molar-refractivity contribution in [2.45, 2.75) is 44.7 Å². The minimum Gasteiger partial charge on any atom is -0.349 e. The molecule has 2 N–H and O–H groups in total. The van der Waals surface area contributed by atoms with Crippen molar-refractivity contribution >= 4 is 28.4 Å². The van der Waals surface area contributed by atoms with Crippen LogP contribution in [0.1, 0.15) is 42.5 Å². The lowest BCUT2D eigenvalue weighted by Gasteiger charge is -2.12. The van der Waals surface area contributed by atoms with Crippen LogP contribution in [-0.2, 0) is 11.3 Å². The van der Waals surface area contributed by atoms with E-state index in [0.717, 1.165) is 18.4 Å². The number of aryl methyl sites for hydroxylation is 1. The molecule has 4 rings (SSSR count). The van der Waals surface area contributed by atoms with E-state index in [4.69, 9.17) is 0 Å². The summed E-state index contributed by atoms with van der Waals surface area (Å²) in [5, 5.41) is 7.16. The lowest BCUT2D eigenvalue weighted by molar-refractivity contribution is -0.116. The van der Waals surface area contributed by atoms with E-state index < -0.39 is 0 Å². The molecule has 1 saturated carbocycles. The highest BCUT2D eigenvalue weighted by atomic mass is 16.2. The Morgan fingerprint density at radius 1 is 0.964 bits per heavy atom. The van der Waals surface area contributed by atoms with E-state index in [-0.39, 0.29) is 11.8 Å². The average molecular weight is 375 g/mol. The second-order valence-electron chi connectivity index (χ2n) is 7.40. The first-order valence-corrected chi connectivity index (χ1v) is 9.94. The van der Waals surface area contributed by atoms with Crippen molar-refractivity contribution in [3.05, 3.63) is 66.4 Å². The fourth-order valence-electron chi connectivity index (χ4n) is 3.82. The van der Waals surface area contributed by atoms with Gasteiger partial charge in [0.1, 0.15) is 0 Å². The third kappa shape index (κ3) is 4.25. The van der Waals surface area contributed by atoms with Gasteiger partial charge in [-0.2, -0.15) is 0 Å². The molecule has 0 saturated heterocycles. The molecule has 0 unspecified atom stereocenters. The Bertz CT molecular complexity index is 969. The molecule has 144 valence electrons. The zero-order valence-corrected chi connectivity index (χ0v) is 15.9. The quantitative estimate of drug-likeness (QED) is 0.673.